The van der Waals surface area contributed by atoms with Crippen LogP contribution in [0.15, 0.2) is 53.6 Å². The van der Waals surface area contributed by atoms with E-state index in [-0.39, 0.29) is 18.3 Å². The predicted molar refractivity (Wildman–Crippen MR) is 108 cm³/mol. The van der Waals surface area contributed by atoms with E-state index >= 15 is 0 Å². The molecule has 0 aliphatic heterocycles. The standard InChI is InChI=1S/C22H26FN3O/c1-16(17-11-13-19(14-12-17)18-7-3-2-4-8-18)25-26-22(27)15-24-21-10-6-5-9-20(21)23/h5-6,9-14,18,24H,2-4,7-8,15H2,1H3,(H,26,27). The lowest BCUT2D eigenvalue weighted by atomic mass is 9.84. The summed E-state index contributed by atoms with van der Waals surface area (Å²) in [6.07, 6.45) is 6.54. The summed E-state index contributed by atoms with van der Waals surface area (Å²) in [4.78, 5) is 11.9. The van der Waals surface area contributed by atoms with Crippen molar-refractivity contribution in [1.29, 1.82) is 0 Å². The molecule has 0 aromatic heterocycles. The van der Waals surface area contributed by atoms with Crippen molar-refractivity contribution >= 4 is 17.3 Å². The van der Waals surface area contributed by atoms with Crippen LogP contribution in [-0.2, 0) is 4.79 Å². The number of anilines is 1. The SMILES string of the molecule is CC(=NNC(=O)CNc1ccccc1F)c1ccc(C2CCCCC2)cc1. The van der Waals surface area contributed by atoms with E-state index in [0.717, 1.165) is 11.3 Å². The van der Waals surface area contributed by atoms with E-state index < -0.39 is 0 Å². The summed E-state index contributed by atoms with van der Waals surface area (Å²) in [5.74, 6) is -0.0336. The van der Waals surface area contributed by atoms with Gasteiger partial charge in [0.15, 0.2) is 0 Å². The first-order chi connectivity index (χ1) is 13.1. The zero-order valence-electron chi connectivity index (χ0n) is 15.7. The third-order valence-corrected chi connectivity index (χ3v) is 5.07. The molecule has 2 N–H and O–H groups in total. The van der Waals surface area contributed by atoms with Crippen molar-refractivity contribution in [3.8, 4) is 0 Å². The Kier molecular flexibility index (Phi) is 6.58. The summed E-state index contributed by atoms with van der Waals surface area (Å²) in [6.45, 7) is 1.82. The highest BCUT2D eigenvalue weighted by Crippen LogP contribution is 2.32. The van der Waals surface area contributed by atoms with Crippen molar-refractivity contribution < 1.29 is 9.18 Å². The number of nitrogens with zero attached hydrogens (tertiary/aromatic N) is 1. The lowest BCUT2D eigenvalue weighted by Gasteiger charge is -2.22. The van der Waals surface area contributed by atoms with Crippen molar-refractivity contribution in [2.45, 2.75) is 44.9 Å². The van der Waals surface area contributed by atoms with Crippen molar-refractivity contribution in [1.82, 2.24) is 5.43 Å². The van der Waals surface area contributed by atoms with E-state index in [1.807, 2.05) is 6.92 Å². The van der Waals surface area contributed by atoms with Crippen LogP contribution in [0.5, 0.6) is 0 Å². The van der Waals surface area contributed by atoms with Crippen molar-refractivity contribution in [2.24, 2.45) is 5.10 Å². The number of carbonyl (C=O) groups is 1. The molecule has 142 valence electrons. The van der Waals surface area contributed by atoms with Crippen molar-refractivity contribution in [3.05, 3.63) is 65.5 Å². The molecule has 2 aromatic carbocycles. The quantitative estimate of drug-likeness (QED) is 0.568. The van der Waals surface area contributed by atoms with E-state index in [9.17, 15) is 9.18 Å². The zero-order chi connectivity index (χ0) is 19.1. The number of benzene rings is 2. The maximum Gasteiger partial charge on any atom is 0.259 e. The zero-order valence-corrected chi connectivity index (χ0v) is 15.7. The van der Waals surface area contributed by atoms with Gasteiger partial charge in [-0.25, -0.2) is 9.82 Å². The van der Waals surface area contributed by atoms with E-state index in [1.165, 1.54) is 43.7 Å². The molecule has 27 heavy (non-hydrogen) atoms. The Hall–Kier alpha value is -2.69. The van der Waals surface area contributed by atoms with Crippen LogP contribution in [0.4, 0.5) is 10.1 Å². The minimum atomic E-state index is -0.386. The largest absolute Gasteiger partial charge is 0.374 e. The fraction of sp³-hybridized carbons (Fsp3) is 0.364. The first-order valence-electron chi connectivity index (χ1n) is 9.55. The molecule has 2 aromatic rings. The molecule has 0 atom stereocenters. The molecule has 0 saturated heterocycles. The van der Waals surface area contributed by atoms with E-state index in [1.54, 1.807) is 18.2 Å². The first-order valence-corrected chi connectivity index (χ1v) is 9.55. The molecule has 0 radical (unpaired) electrons. The van der Waals surface area contributed by atoms with Crippen LogP contribution < -0.4 is 10.7 Å². The number of hydrogen-bond acceptors (Lipinski definition) is 3. The monoisotopic (exact) mass is 367 g/mol. The second-order valence-electron chi connectivity index (χ2n) is 7.02. The van der Waals surface area contributed by atoms with Gasteiger partial charge in [-0.15, -0.1) is 0 Å². The summed E-state index contributed by atoms with van der Waals surface area (Å²) < 4.78 is 13.5. The Morgan fingerprint density at radius 2 is 1.78 bits per heavy atom. The summed E-state index contributed by atoms with van der Waals surface area (Å²) in [5.41, 5.74) is 5.93. The van der Waals surface area contributed by atoms with Gasteiger partial charge in [0.1, 0.15) is 5.82 Å². The van der Waals surface area contributed by atoms with E-state index in [2.05, 4.69) is 40.1 Å². The molecule has 1 fully saturated rings. The maximum absolute atomic E-state index is 13.5. The van der Waals surface area contributed by atoms with Gasteiger partial charge in [-0.05, 0) is 48.9 Å². The molecule has 1 amide bonds. The minimum absolute atomic E-state index is 0.0433. The Labute approximate surface area is 159 Å². The number of nitrogens with one attached hydrogen (secondary N) is 2. The fourth-order valence-electron chi connectivity index (χ4n) is 3.46. The van der Waals surface area contributed by atoms with Crippen molar-refractivity contribution in [3.63, 3.8) is 0 Å². The lowest BCUT2D eigenvalue weighted by Crippen LogP contribution is -2.27. The van der Waals surface area contributed by atoms with Gasteiger partial charge in [-0.2, -0.15) is 5.10 Å². The van der Waals surface area contributed by atoms with E-state index in [0.29, 0.717) is 11.6 Å². The molecule has 1 aliphatic rings. The van der Waals surface area contributed by atoms with Gasteiger partial charge in [0, 0.05) is 0 Å². The molecular weight excluding hydrogens is 341 g/mol. The van der Waals surface area contributed by atoms with Crippen LogP contribution in [0.25, 0.3) is 0 Å². The number of rotatable bonds is 6. The third kappa shape index (κ3) is 5.39. The van der Waals surface area contributed by atoms with E-state index in [4.69, 9.17) is 0 Å². The van der Waals surface area contributed by atoms with Gasteiger partial charge in [0.2, 0.25) is 0 Å². The van der Waals surface area contributed by atoms with Gasteiger partial charge < -0.3 is 5.32 Å². The smallest absolute Gasteiger partial charge is 0.259 e. The second-order valence-corrected chi connectivity index (χ2v) is 7.02. The summed E-state index contributed by atoms with van der Waals surface area (Å²) in [6, 6.07) is 14.7. The Balaban J connectivity index is 1.52. The highest BCUT2D eigenvalue weighted by Gasteiger charge is 2.15. The van der Waals surface area contributed by atoms with Crippen LogP contribution >= 0.6 is 0 Å². The molecule has 0 spiro atoms. The molecule has 1 aliphatic carbocycles. The number of hydrogen-bond donors (Lipinski definition) is 2. The first kappa shape index (κ1) is 19.1. The number of carbonyl (C=O) groups excluding carboxylic acids is 1. The van der Waals surface area contributed by atoms with Crippen LogP contribution in [-0.4, -0.2) is 18.2 Å². The number of para-hydroxylation sites is 1. The van der Waals surface area contributed by atoms with Gasteiger partial charge in [-0.3, -0.25) is 4.79 Å². The van der Waals surface area contributed by atoms with Crippen LogP contribution in [0, 0.1) is 5.82 Å². The number of halogens is 1. The normalized spacial score (nSPS) is 15.4. The number of hydrazone groups is 1. The van der Waals surface area contributed by atoms with Gasteiger partial charge >= 0.3 is 0 Å². The minimum Gasteiger partial charge on any atom is -0.374 e. The summed E-state index contributed by atoms with van der Waals surface area (Å²) in [5, 5.41) is 6.92. The lowest BCUT2D eigenvalue weighted by molar-refractivity contribution is -0.119. The summed E-state index contributed by atoms with van der Waals surface area (Å²) >= 11 is 0. The van der Waals surface area contributed by atoms with Crippen LogP contribution in [0.3, 0.4) is 0 Å². The van der Waals surface area contributed by atoms with Crippen LogP contribution in [0.1, 0.15) is 56.1 Å². The molecule has 0 bridgehead atoms. The maximum atomic E-state index is 13.5. The molecule has 0 heterocycles. The molecule has 0 unspecified atom stereocenters. The van der Waals surface area contributed by atoms with Crippen molar-refractivity contribution in [2.75, 3.05) is 11.9 Å². The molecule has 5 heteroatoms. The molecule has 4 nitrogen and oxygen atoms in total. The summed E-state index contributed by atoms with van der Waals surface area (Å²) in [7, 11) is 0. The average molecular weight is 367 g/mol. The highest BCUT2D eigenvalue weighted by atomic mass is 19.1. The average Bonchev–Trinajstić information content (AvgIpc) is 2.72. The predicted octanol–water partition coefficient (Wildman–Crippen LogP) is 4.83. The van der Waals surface area contributed by atoms with Gasteiger partial charge in [0.05, 0.1) is 17.9 Å². The second kappa shape index (κ2) is 9.31. The Morgan fingerprint density at radius 1 is 1.07 bits per heavy atom. The highest BCUT2D eigenvalue weighted by molar-refractivity contribution is 5.99. The van der Waals surface area contributed by atoms with Crippen LogP contribution in [0.2, 0.25) is 0 Å². The fourth-order valence-corrected chi connectivity index (χ4v) is 3.46. The molecule has 1 saturated carbocycles. The molecular formula is C22H26FN3O. The number of amides is 1. The van der Waals surface area contributed by atoms with Gasteiger partial charge in [-0.1, -0.05) is 55.7 Å². The Bertz CT molecular complexity index is 795. The third-order valence-electron chi connectivity index (χ3n) is 5.07. The molecule has 3 rings (SSSR count). The van der Waals surface area contributed by atoms with Gasteiger partial charge in [0.25, 0.3) is 5.91 Å². The Morgan fingerprint density at radius 3 is 2.48 bits per heavy atom. The topological polar surface area (TPSA) is 53.5 Å².